The number of aryl methyl sites for hydroxylation is 1. The van der Waals surface area contributed by atoms with E-state index in [-0.39, 0.29) is 30.2 Å². The Morgan fingerprint density at radius 2 is 2.19 bits per heavy atom. The summed E-state index contributed by atoms with van der Waals surface area (Å²) in [5.41, 5.74) is 4.22. The maximum absolute atomic E-state index is 14.2. The molecule has 0 radical (unpaired) electrons. The van der Waals surface area contributed by atoms with Crippen LogP contribution in [0, 0.1) is 12.7 Å². The molecule has 0 bridgehead atoms. The molecule has 8 heteroatoms. The van der Waals surface area contributed by atoms with Crippen LogP contribution in [0.25, 0.3) is 0 Å². The smallest absolute Gasteiger partial charge is 0.278 e. The Labute approximate surface area is 153 Å². The van der Waals surface area contributed by atoms with Gasteiger partial charge in [-0.3, -0.25) is 14.4 Å². The molecule has 3 rings (SSSR count). The van der Waals surface area contributed by atoms with Crippen LogP contribution in [-0.2, 0) is 11.3 Å². The number of hydrogen-bond acceptors (Lipinski definition) is 6. The van der Waals surface area contributed by atoms with Gasteiger partial charge in [-0.1, -0.05) is 6.07 Å². The first kappa shape index (κ1) is 18.5. The summed E-state index contributed by atoms with van der Waals surface area (Å²) in [4.78, 5) is 30.2. The van der Waals surface area contributed by atoms with Crippen LogP contribution in [0.1, 0.15) is 44.0 Å². The molecular formula is C18H19FN2O4S. The Bertz CT molecular complexity index is 850. The van der Waals surface area contributed by atoms with Gasteiger partial charge in [0.2, 0.25) is 0 Å². The highest BCUT2D eigenvalue weighted by Gasteiger charge is 2.30. The quantitative estimate of drug-likeness (QED) is 0.531. The number of Topliss-reactive ketones (excluding diaryl/α,β-unsaturated/α-hetero) is 1. The maximum atomic E-state index is 14.2. The summed E-state index contributed by atoms with van der Waals surface area (Å²) in [5.74, 6) is -0.981. The van der Waals surface area contributed by atoms with Gasteiger partial charge in [-0.25, -0.2) is 9.87 Å². The summed E-state index contributed by atoms with van der Waals surface area (Å²) < 4.78 is 14.2. The molecule has 2 aromatic rings. The fourth-order valence-electron chi connectivity index (χ4n) is 2.85. The van der Waals surface area contributed by atoms with Crippen molar-refractivity contribution < 1.29 is 23.9 Å². The molecule has 0 aliphatic heterocycles. The number of thiophene rings is 1. The van der Waals surface area contributed by atoms with Crippen molar-refractivity contribution in [1.29, 1.82) is 0 Å². The van der Waals surface area contributed by atoms with Gasteiger partial charge >= 0.3 is 0 Å². The minimum atomic E-state index is -0.527. The van der Waals surface area contributed by atoms with E-state index in [1.54, 1.807) is 19.1 Å². The number of amides is 1. The van der Waals surface area contributed by atoms with Gasteiger partial charge in [0.15, 0.2) is 5.78 Å². The van der Waals surface area contributed by atoms with Crippen molar-refractivity contribution in [2.45, 2.75) is 26.2 Å². The second-order valence-corrected chi connectivity index (χ2v) is 7.02. The number of aliphatic hydroxyl groups excluding tert-OH is 1. The van der Waals surface area contributed by atoms with E-state index in [4.69, 9.17) is 9.94 Å². The second-order valence-electron chi connectivity index (χ2n) is 6.00. The molecule has 1 aliphatic rings. The van der Waals surface area contributed by atoms with Crippen LogP contribution in [0.15, 0.2) is 18.2 Å². The van der Waals surface area contributed by atoms with Crippen molar-refractivity contribution in [1.82, 2.24) is 5.48 Å². The number of fused-ring (bicyclic) bond motifs is 1. The van der Waals surface area contributed by atoms with E-state index in [0.717, 1.165) is 16.9 Å². The zero-order valence-corrected chi connectivity index (χ0v) is 15.0. The zero-order valence-electron chi connectivity index (χ0n) is 14.2. The topological polar surface area (TPSA) is 87.7 Å². The van der Waals surface area contributed by atoms with Gasteiger partial charge in [0.25, 0.3) is 5.91 Å². The Morgan fingerprint density at radius 3 is 2.92 bits per heavy atom. The average molecular weight is 378 g/mol. The van der Waals surface area contributed by atoms with Gasteiger partial charge in [0.05, 0.1) is 29.3 Å². The van der Waals surface area contributed by atoms with Crippen LogP contribution >= 0.6 is 11.3 Å². The highest BCUT2D eigenvalue weighted by Crippen LogP contribution is 2.39. The van der Waals surface area contributed by atoms with E-state index < -0.39 is 11.7 Å². The van der Waals surface area contributed by atoms with Gasteiger partial charge in [-0.2, -0.15) is 0 Å². The van der Waals surface area contributed by atoms with Crippen molar-refractivity contribution in [2.75, 3.05) is 18.5 Å². The number of carbonyl (C=O) groups is 2. The van der Waals surface area contributed by atoms with Gasteiger partial charge in [0.1, 0.15) is 10.8 Å². The van der Waals surface area contributed by atoms with Crippen molar-refractivity contribution in [3.63, 3.8) is 0 Å². The molecule has 0 unspecified atom stereocenters. The summed E-state index contributed by atoms with van der Waals surface area (Å²) in [7, 11) is 0. The number of anilines is 2. The van der Waals surface area contributed by atoms with E-state index >= 15 is 0 Å². The standard InChI is InChI=1S/C18H19FN2O4S/c1-10-5-6-13(12(19)9-10)20-18-15(17(24)21-25-8-7-22)11-3-2-4-14(23)16(11)26-18/h5-6,9,20,22H,2-4,7-8H2,1H3,(H,21,24). The monoisotopic (exact) mass is 378 g/mol. The molecule has 1 aromatic heterocycles. The van der Waals surface area contributed by atoms with Crippen LogP contribution < -0.4 is 10.8 Å². The molecule has 0 saturated carbocycles. The van der Waals surface area contributed by atoms with Gasteiger partial charge in [-0.15, -0.1) is 11.3 Å². The molecule has 1 heterocycles. The lowest BCUT2D eigenvalue weighted by atomic mass is 9.94. The fraction of sp³-hybridized carbons (Fsp3) is 0.333. The van der Waals surface area contributed by atoms with Crippen molar-refractivity contribution in [3.05, 3.63) is 45.6 Å². The molecule has 0 saturated heterocycles. The molecular weight excluding hydrogens is 359 g/mol. The molecule has 26 heavy (non-hydrogen) atoms. The number of hydrogen-bond donors (Lipinski definition) is 3. The Morgan fingerprint density at radius 1 is 1.38 bits per heavy atom. The van der Waals surface area contributed by atoms with E-state index in [0.29, 0.717) is 34.7 Å². The van der Waals surface area contributed by atoms with Crippen LogP contribution in [0.5, 0.6) is 0 Å². The Kier molecular flexibility index (Phi) is 5.65. The molecule has 1 aliphatic carbocycles. The number of nitrogens with one attached hydrogen (secondary N) is 2. The van der Waals surface area contributed by atoms with E-state index in [9.17, 15) is 14.0 Å². The lowest BCUT2D eigenvalue weighted by Crippen LogP contribution is -2.27. The summed E-state index contributed by atoms with van der Waals surface area (Å²) in [5, 5.41) is 12.1. The molecule has 138 valence electrons. The number of rotatable bonds is 6. The summed E-state index contributed by atoms with van der Waals surface area (Å²) in [6, 6.07) is 4.74. The normalized spacial score (nSPS) is 13.4. The zero-order chi connectivity index (χ0) is 18.7. The SMILES string of the molecule is Cc1ccc(Nc2sc3c(c2C(=O)NOCCO)CCCC3=O)c(F)c1. The first-order valence-corrected chi connectivity index (χ1v) is 9.08. The number of ketones is 1. The van der Waals surface area contributed by atoms with Gasteiger partial charge < -0.3 is 10.4 Å². The Hall–Kier alpha value is -2.29. The number of benzene rings is 1. The minimum Gasteiger partial charge on any atom is -0.394 e. The molecule has 0 spiro atoms. The van der Waals surface area contributed by atoms with Crippen molar-refractivity contribution in [3.8, 4) is 0 Å². The second kappa shape index (κ2) is 7.94. The number of aliphatic hydroxyl groups is 1. The highest BCUT2D eigenvalue weighted by atomic mass is 32.1. The highest BCUT2D eigenvalue weighted by molar-refractivity contribution is 7.18. The van der Waals surface area contributed by atoms with Crippen LogP contribution in [0.3, 0.4) is 0 Å². The average Bonchev–Trinajstić information content (AvgIpc) is 2.97. The summed E-state index contributed by atoms with van der Waals surface area (Å²) >= 11 is 1.15. The van der Waals surface area contributed by atoms with E-state index in [1.165, 1.54) is 6.07 Å². The number of carbonyl (C=O) groups excluding carboxylic acids is 2. The predicted octanol–water partition coefficient (Wildman–Crippen LogP) is 3.11. The molecule has 3 N–H and O–H groups in total. The Balaban J connectivity index is 1.97. The molecule has 0 atom stereocenters. The largest absolute Gasteiger partial charge is 0.394 e. The maximum Gasteiger partial charge on any atom is 0.278 e. The predicted molar refractivity (Wildman–Crippen MR) is 96.5 cm³/mol. The van der Waals surface area contributed by atoms with Crippen LogP contribution in [-0.4, -0.2) is 30.0 Å². The van der Waals surface area contributed by atoms with Gasteiger partial charge in [-0.05, 0) is 43.0 Å². The number of hydroxylamine groups is 1. The van der Waals surface area contributed by atoms with Crippen LogP contribution in [0.4, 0.5) is 15.1 Å². The molecule has 0 fully saturated rings. The molecule has 1 aromatic carbocycles. The third kappa shape index (κ3) is 3.77. The molecule has 1 amide bonds. The first-order chi connectivity index (χ1) is 12.5. The van der Waals surface area contributed by atoms with Crippen molar-refractivity contribution in [2.24, 2.45) is 0 Å². The third-order valence-electron chi connectivity index (χ3n) is 4.05. The van der Waals surface area contributed by atoms with E-state index in [1.807, 2.05) is 0 Å². The summed E-state index contributed by atoms with van der Waals surface area (Å²) in [6.07, 6.45) is 1.70. The fourth-order valence-corrected chi connectivity index (χ4v) is 4.08. The van der Waals surface area contributed by atoms with Gasteiger partial charge in [0, 0.05) is 6.42 Å². The lowest BCUT2D eigenvalue weighted by molar-refractivity contribution is 0.0168. The third-order valence-corrected chi connectivity index (χ3v) is 5.24. The lowest BCUT2D eigenvalue weighted by Gasteiger charge is -2.13. The summed E-state index contributed by atoms with van der Waals surface area (Å²) in [6.45, 7) is 1.50. The van der Waals surface area contributed by atoms with E-state index in [2.05, 4.69) is 10.8 Å². The number of halogens is 1. The minimum absolute atomic E-state index is 0.0148. The first-order valence-electron chi connectivity index (χ1n) is 8.26. The van der Waals surface area contributed by atoms with Crippen LogP contribution in [0.2, 0.25) is 0 Å². The van der Waals surface area contributed by atoms with Crippen molar-refractivity contribution >= 4 is 33.7 Å². The molecule has 6 nitrogen and oxygen atoms in total.